The number of halogens is 1. The van der Waals surface area contributed by atoms with Crippen LogP contribution in [-0.2, 0) is 4.74 Å². The van der Waals surface area contributed by atoms with Crippen molar-refractivity contribution in [3.8, 4) is 0 Å². The second-order valence-corrected chi connectivity index (χ2v) is 7.54. The lowest BCUT2D eigenvalue weighted by Crippen LogP contribution is -2.26. The minimum atomic E-state index is -1.37. The number of carboxylic acid groups (broad SMARTS) is 1. The van der Waals surface area contributed by atoms with E-state index < -0.39 is 22.8 Å². The zero-order valence-electron chi connectivity index (χ0n) is 17.3. The van der Waals surface area contributed by atoms with Gasteiger partial charge in [0.1, 0.15) is 11.4 Å². The average molecular weight is 441 g/mol. The number of pyridine rings is 2. The van der Waals surface area contributed by atoms with Crippen LogP contribution in [0.5, 0.6) is 0 Å². The summed E-state index contributed by atoms with van der Waals surface area (Å²) in [5.41, 5.74) is 4.95. The number of ether oxygens (including phenoxy) is 1. The molecule has 0 amide bonds. The highest BCUT2D eigenvalue weighted by Gasteiger charge is 2.24. The molecule has 0 atom stereocenters. The Bertz CT molecular complexity index is 1190. The molecule has 10 heteroatoms. The van der Waals surface area contributed by atoms with Crippen LogP contribution in [0, 0.1) is 5.82 Å². The Morgan fingerprint density at radius 2 is 2.03 bits per heavy atom. The van der Waals surface area contributed by atoms with E-state index >= 15 is 4.39 Å². The van der Waals surface area contributed by atoms with Crippen molar-refractivity contribution >= 4 is 34.1 Å². The topological polar surface area (TPSA) is 131 Å². The molecule has 3 heterocycles. The monoisotopic (exact) mass is 441 g/mol. The van der Waals surface area contributed by atoms with Crippen molar-refractivity contribution in [2.24, 2.45) is 0 Å². The Hall–Kier alpha value is -3.66. The number of anilines is 3. The maximum Gasteiger partial charge on any atom is 0.341 e. The van der Waals surface area contributed by atoms with Crippen LogP contribution in [-0.4, -0.2) is 46.9 Å². The molecule has 1 aliphatic heterocycles. The number of hydrogen-bond acceptors (Lipinski definition) is 7. The van der Waals surface area contributed by atoms with Crippen molar-refractivity contribution in [2.45, 2.75) is 18.9 Å². The van der Waals surface area contributed by atoms with Crippen molar-refractivity contribution < 1.29 is 19.0 Å². The molecule has 1 saturated heterocycles. The van der Waals surface area contributed by atoms with Gasteiger partial charge in [0.2, 0.25) is 5.43 Å². The number of nitrogens with one attached hydrogen (secondary N) is 2. The number of hydrogen-bond donors (Lipinski definition) is 4. The number of rotatable bonds is 7. The first-order chi connectivity index (χ1) is 15.5. The van der Waals surface area contributed by atoms with Gasteiger partial charge in [-0.05, 0) is 31.0 Å². The Labute approximate surface area is 183 Å². The number of aromatic carboxylic acids is 1. The quantitative estimate of drug-likeness (QED) is 0.325. The van der Waals surface area contributed by atoms with Gasteiger partial charge in [0, 0.05) is 44.7 Å². The highest BCUT2D eigenvalue weighted by Crippen LogP contribution is 2.32. The van der Waals surface area contributed by atoms with Crippen LogP contribution in [0.4, 0.5) is 21.6 Å². The van der Waals surface area contributed by atoms with Crippen LogP contribution in [0.15, 0.2) is 41.5 Å². The summed E-state index contributed by atoms with van der Waals surface area (Å²) in [7, 11) is 0. The number of carbonyl (C=O) groups is 1. The van der Waals surface area contributed by atoms with E-state index in [0.717, 1.165) is 0 Å². The Kier molecular flexibility index (Phi) is 6.22. The lowest BCUT2D eigenvalue weighted by Gasteiger charge is -2.27. The number of fused-ring (bicyclic) bond motifs is 1. The van der Waals surface area contributed by atoms with E-state index in [-0.39, 0.29) is 22.8 Å². The van der Waals surface area contributed by atoms with Crippen LogP contribution in [0.3, 0.4) is 0 Å². The molecule has 1 fully saturated rings. The van der Waals surface area contributed by atoms with Gasteiger partial charge in [-0.1, -0.05) is 6.07 Å². The highest BCUT2D eigenvalue weighted by atomic mass is 19.1. The maximum absolute atomic E-state index is 15.0. The lowest BCUT2D eigenvalue weighted by atomic mass is 10.0. The van der Waals surface area contributed by atoms with Crippen molar-refractivity contribution in [1.82, 2.24) is 9.55 Å². The number of nitrogen functional groups attached to an aromatic ring is 1. The third-order valence-corrected chi connectivity index (χ3v) is 5.52. The van der Waals surface area contributed by atoms with E-state index in [1.54, 1.807) is 10.8 Å². The van der Waals surface area contributed by atoms with Gasteiger partial charge in [-0.15, -0.1) is 0 Å². The van der Waals surface area contributed by atoms with Crippen LogP contribution >= 0.6 is 0 Å². The standard InChI is InChI=1S/C22H24FN5O4/c23-19-15(25-7-8-27-17-3-1-2-6-26-17)11-16-18(20(19)24)21(29)14(22(30)31)12-28(16)13-4-9-32-10-5-13/h1-3,6,11-13,25H,4-5,7-10,24H2,(H,26,27)(H,30,31). The number of carboxylic acids is 1. The number of nitrogens with zero attached hydrogens (tertiary/aromatic N) is 2. The second kappa shape index (κ2) is 9.23. The molecule has 3 aromatic rings. The number of benzene rings is 1. The van der Waals surface area contributed by atoms with Gasteiger partial charge in [-0.3, -0.25) is 4.79 Å². The van der Waals surface area contributed by atoms with Crippen molar-refractivity contribution in [3.05, 3.63) is 58.3 Å². The van der Waals surface area contributed by atoms with Gasteiger partial charge < -0.3 is 30.8 Å². The molecule has 32 heavy (non-hydrogen) atoms. The molecule has 0 spiro atoms. The minimum absolute atomic E-state index is 0.0894. The summed E-state index contributed by atoms with van der Waals surface area (Å²) in [6.07, 6.45) is 4.28. The summed E-state index contributed by atoms with van der Waals surface area (Å²) in [5.74, 6) is -1.46. The molecule has 1 aliphatic rings. The molecule has 1 aromatic carbocycles. The van der Waals surface area contributed by atoms with E-state index in [1.165, 1.54) is 12.3 Å². The third kappa shape index (κ3) is 4.22. The molecular weight excluding hydrogens is 417 g/mol. The summed E-state index contributed by atoms with van der Waals surface area (Å²) in [6.45, 7) is 1.87. The molecule has 0 saturated carbocycles. The summed E-state index contributed by atoms with van der Waals surface area (Å²) < 4.78 is 22.2. The van der Waals surface area contributed by atoms with Crippen LogP contribution in [0.25, 0.3) is 10.9 Å². The first-order valence-electron chi connectivity index (χ1n) is 10.3. The zero-order valence-corrected chi connectivity index (χ0v) is 17.3. The van der Waals surface area contributed by atoms with Gasteiger partial charge >= 0.3 is 5.97 Å². The van der Waals surface area contributed by atoms with Gasteiger partial charge in [0.05, 0.1) is 22.3 Å². The summed E-state index contributed by atoms with van der Waals surface area (Å²) in [4.78, 5) is 28.6. The van der Waals surface area contributed by atoms with Crippen molar-refractivity contribution in [1.29, 1.82) is 0 Å². The molecule has 4 rings (SSSR count). The third-order valence-electron chi connectivity index (χ3n) is 5.52. The predicted molar refractivity (Wildman–Crippen MR) is 120 cm³/mol. The van der Waals surface area contributed by atoms with Crippen molar-refractivity contribution in [2.75, 3.05) is 42.7 Å². The molecular formula is C22H24FN5O4. The minimum Gasteiger partial charge on any atom is -0.477 e. The van der Waals surface area contributed by atoms with E-state index in [1.807, 2.05) is 18.2 Å². The number of nitrogens with two attached hydrogens (primary N) is 1. The van der Waals surface area contributed by atoms with E-state index in [0.29, 0.717) is 50.5 Å². The molecule has 168 valence electrons. The normalized spacial score (nSPS) is 14.4. The predicted octanol–water partition coefficient (Wildman–Crippen LogP) is 2.69. The van der Waals surface area contributed by atoms with E-state index in [4.69, 9.17) is 10.5 Å². The fourth-order valence-electron chi connectivity index (χ4n) is 3.91. The maximum atomic E-state index is 15.0. The van der Waals surface area contributed by atoms with Gasteiger partial charge in [0.25, 0.3) is 0 Å². The Morgan fingerprint density at radius 3 is 2.72 bits per heavy atom. The average Bonchev–Trinajstić information content (AvgIpc) is 2.80. The molecule has 0 unspecified atom stereocenters. The van der Waals surface area contributed by atoms with Gasteiger partial charge in [0.15, 0.2) is 5.82 Å². The van der Waals surface area contributed by atoms with Gasteiger partial charge in [-0.2, -0.15) is 0 Å². The largest absolute Gasteiger partial charge is 0.477 e. The SMILES string of the molecule is Nc1c(F)c(NCCNc2ccccn2)cc2c1c(=O)c(C(=O)O)cn2C1CCOCC1. The Morgan fingerprint density at radius 1 is 1.28 bits per heavy atom. The summed E-state index contributed by atoms with van der Waals surface area (Å²) in [5, 5.41) is 15.5. The molecule has 2 aromatic heterocycles. The fourth-order valence-corrected chi connectivity index (χ4v) is 3.91. The summed E-state index contributed by atoms with van der Waals surface area (Å²) >= 11 is 0. The van der Waals surface area contributed by atoms with Crippen LogP contribution in [0.2, 0.25) is 0 Å². The highest BCUT2D eigenvalue weighted by molar-refractivity contribution is 5.99. The smallest absolute Gasteiger partial charge is 0.341 e. The Balaban J connectivity index is 1.70. The number of aromatic nitrogens is 2. The van der Waals surface area contributed by atoms with E-state index in [2.05, 4.69) is 15.6 Å². The first kappa shape index (κ1) is 21.6. The fraction of sp³-hybridized carbons (Fsp3) is 0.318. The molecule has 0 aliphatic carbocycles. The zero-order chi connectivity index (χ0) is 22.7. The molecule has 0 radical (unpaired) electrons. The molecule has 9 nitrogen and oxygen atoms in total. The van der Waals surface area contributed by atoms with Crippen LogP contribution < -0.4 is 21.8 Å². The first-order valence-corrected chi connectivity index (χ1v) is 10.3. The van der Waals surface area contributed by atoms with E-state index in [9.17, 15) is 14.7 Å². The van der Waals surface area contributed by atoms with Gasteiger partial charge in [-0.25, -0.2) is 14.2 Å². The summed E-state index contributed by atoms with van der Waals surface area (Å²) in [6, 6.07) is 6.91. The van der Waals surface area contributed by atoms with Crippen LogP contribution in [0.1, 0.15) is 29.2 Å². The molecule has 0 bridgehead atoms. The second-order valence-electron chi connectivity index (χ2n) is 7.54. The van der Waals surface area contributed by atoms with Crippen molar-refractivity contribution in [3.63, 3.8) is 0 Å². The lowest BCUT2D eigenvalue weighted by molar-refractivity contribution is 0.0681. The molecule has 5 N–H and O–H groups in total.